The Bertz CT molecular complexity index is 1650. The van der Waals surface area contributed by atoms with Crippen molar-refractivity contribution >= 4 is 51.6 Å². The molecule has 0 saturated heterocycles. The summed E-state index contributed by atoms with van der Waals surface area (Å²) in [6.45, 7) is 4.69. The van der Waals surface area contributed by atoms with E-state index in [0.29, 0.717) is 21.6 Å². The van der Waals surface area contributed by atoms with Gasteiger partial charge >= 0.3 is 11.8 Å². The second-order valence-corrected chi connectivity index (χ2v) is 9.68. The van der Waals surface area contributed by atoms with Crippen LogP contribution in [0.25, 0.3) is 22.1 Å². The van der Waals surface area contributed by atoms with Gasteiger partial charge in [-0.2, -0.15) is 4.98 Å². The summed E-state index contributed by atoms with van der Waals surface area (Å²) in [5.41, 5.74) is 4.24. The largest absolute Gasteiger partial charge is 0.443 e. The number of hydrogen-bond acceptors (Lipinski definition) is 7. The highest BCUT2D eigenvalue weighted by molar-refractivity contribution is 6.35. The van der Waals surface area contributed by atoms with E-state index >= 15 is 0 Å². The third-order valence-corrected chi connectivity index (χ3v) is 5.89. The first kappa shape index (κ1) is 25.2. The maximum Gasteiger partial charge on any atom is 0.419 e. The number of nitrogens with zero attached hydrogens (tertiary/aromatic N) is 5. The third-order valence-electron chi connectivity index (χ3n) is 5.56. The Hall–Kier alpha value is -3.90. The van der Waals surface area contributed by atoms with Gasteiger partial charge in [-0.25, -0.2) is 14.2 Å². The average Bonchev–Trinajstić information content (AvgIpc) is 3.32. The first-order chi connectivity index (χ1) is 16.8. The molecule has 0 radical (unpaired) electrons. The quantitative estimate of drug-likeness (QED) is 0.420. The molecule has 0 saturated carbocycles. The van der Waals surface area contributed by atoms with Crippen molar-refractivity contribution in [1.29, 1.82) is 0 Å². The van der Waals surface area contributed by atoms with Gasteiger partial charge in [0.2, 0.25) is 11.9 Å². The van der Waals surface area contributed by atoms with Crippen LogP contribution in [0.5, 0.6) is 0 Å². The summed E-state index contributed by atoms with van der Waals surface area (Å²) in [5, 5.41) is 3.48. The van der Waals surface area contributed by atoms with E-state index in [2.05, 4.69) is 10.3 Å². The van der Waals surface area contributed by atoms with Gasteiger partial charge in [0.05, 0.1) is 24.3 Å². The number of rotatable bonds is 4. The number of aromatic nitrogens is 5. The monoisotopic (exact) mass is 515 g/mol. The molecule has 4 rings (SSSR count). The number of nitrogens with two attached hydrogens (primary N) is 1. The summed E-state index contributed by atoms with van der Waals surface area (Å²) >= 11 is 6.37. The smallest absolute Gasteiger partial charge is 0.419 e. The highest BCUT2D eigenvalue weighted by Gasteiger charge is 2.25. The van der Waals surface area contributed by atoms with Crippen molar-refractivity contribution in [2.45, 2.75) is 32.9 Å². The fourth-order valence-electron chi connectivity index (χ4n) is 3.92. The van der Waals surface area contributed by atoms with Gasteiger partial charge in [0.15, 0.2) is 11.2 Å². The molecule has 12 nitrogen and oxygen atoms in total. The molecule has 0 aliphatic carbocycles. The molecule has 0 spiro atoms. The molecule has 3 heterocycles. The van der Waals surface area contributed by atoms with Crippen LogP contribution in [0.4, 0.5) is 10.7 Å². The number of nitrogens with one attached hydrogen (secondary N) is 1. The van der Waals surface area contributed by atoms with Gasteiger partial charge in [0.1, 0.15) is 5.60 Å². The van der Waals surface area contributed by atoms with Gasteiger partial charge in [0.25, 0.3) is 5.56 Å². The number of carbonyl (C=O) groups excluding carboxylic acids is 2. The number of hydrogen-bond donors (Lipinski definition) is 2. The minimum absolute atomic E-state index is 0.0694. The SMILES string of the molecule is Cn1c(NC(=O)CN)nc2c1c(=O)n(Cc1cc3c(Cl)cccc3n1C(=O)OC(C)(C)C)c(=O)n2C. The summed E-state index contributed by atoms with van der Waals surface area (Å²) in [4.78, 5) is 55.9. The minimum Gasteiger partial charge on any atom is -0.443 e. The molecule has 36 heavy (non-hydrogen) atoms. The first-order valence-corrected chi connectivity index (χ1v) is 11.4. The van der Waals surface area contributed by atoms with Gasteiger partial charge < -0.3 is 15.0 Å². The van der Waals surface area contributed by atoms with Crippen molar-refractivity contribution in [3.8, 4) is 0 Å². The molecule has 0 unspecified atom stereocenters. The van der Waals surface area contributed by atoms with Crippen LogP contribution in [0.2, 0.25) is 5.02 Å². The van der Waals surface area contributed by atoms with Gasteiger partial charge in [-0.1, -0.05) is 17.7 Å². The van der Waals surface area contributed by atoms with E-state index in [0.717, 1.165) is 4.57 Å². The molecule has 1 aromatic carbocycles. The number of halogens is 1. The van der Waals surface area contributed by atoms with Crippen LogP contribution in [0.15, 0.2) is 33.9 Å². The number of fused-ring (bicyclic) bond motifs is 2. The maximum atomic E-state index is 13.5. The molecule has 0 bridgehead atoms. The Morgan fingerprint density at radius 2 is 1.86 bits per heavy atom. The van der Waals surface area contributed by atoms with Crippen LogP contribution >= 0.6 is 11.6 Å². The second-order valence-electron chi connectivity index (χ2n) is 9.28. The summed E-state index contributed by atoms with van der Waals surface area (Å²) in [6.07, 6.45) is -0.673. The molecule has 0 aliphatic rings. The number of anilines is 1. The van der Waals surface area contributed by atoms with Crippen molar-refractivity contribution in [2.75, 3.05) is 11.9 Å². The van der Waals surface area contributed by atoms with E-state index in [1.807, 2.05) is 0 Å². The minimum atomic E-state index is -0.783. The fourth-order valence-corrected chi connectivity index (χ4v) is 4.15. The zero-order chi connectivity index (χ0) is 26.5. The molecule has 1 amide bonds. The zero-order valence-corrected chi connectivity index (χ0v) is 21.2. The molecular formula is C23H26ClN7O5. The topological polar surface area (TPSA) is 148 Å². The lowest BCUT2D eigenvalue weighted by Crippen LogP contribution is -2.40. The van der Waals surface area contributed by atoms with Crippen molar-refractivity contribution in [3.63, 3.8) is 0 Å². The van der Waals surface area contributed by atoms with Crippen LogP contribution in [-0.4, -0.2) is 47.4 Å². The number of carbonyl (C=O) groups is 2. The molecule has 4 aromatic rings. The van der Waals surface area contributed by atoms with Crippen molar-refractivity contribution in [2.24, 2.45) is 19.8 Å². The van der Waals surface area contributed by atoms with E-state index in [1.54, 1.807) is 45.0 Å². The number of benzene rings is 1. The zero-order valence-electron chi connectivity index (χ0n) is 20.5. The van der Waals surface area contributed by atoms with E-state index < -0.39 is 28.9 Å². The molecular weight excluding hydrogens is 490 g/mol. The first-order valence-electron chi connectivity index (χ1n) is 11.0. The van der Waals surface area contributed by atoms with Gasteiger partial charge in [-0.15, -0.1) is 0 Å². The highest BCUT2D eigenvalue weighted by atomic mass is 35.5. The second kappa shape index (κ2) is 8.95. The Kier molecular flexibility index (Phi) is 6.27. The molecule has 0 aliphatic heterocycles. The number of aryl methyl sites for hydroxylation is 2. The molecule has 13 heteroatoms. The normalized spacial score (nSPS) is 11.9. The molecule has 0 atom stereocenters. The van der Waals surface area contributed by atoms with E-state index in [1.165, 1.54) is 27.8 Å². The summed E-state index contributed by atoms with van der Waals surface area (Å²) in [6, 6.07) is 6.72. The average molecular weight is 516 g/mol. The van der Waals surface area contributed by atoms with Crippen LogP contribution in [0.3, 0.4) is 0 Å². The number of amides is 1. The summed E-state index contributed by atoms with van der Waals surface area (Å²) < 4.78 is 10.4. The molecule has 190 valence electrons. The number of ether oxygens (including phenoxy) is 1. The molecule has 0 fully saturated rings. The van der Waals surface area contributed by atoms with Crippen LogP contribution in [0, 0.1) is 0 Å². The standard InChI is InChI=1S/C23H26ClN7O5/c1-23(2,3)36-22(35)31-12(9-13-14(24)7-6-8-15(13)31)11-30-19(33)17-18(29(5)21(30)34)27-20(28(17)4)26-16(32)10-25/h6-9H,10-11,25H2,1-5H3,(H,26,27,32). The lowest BCUT2D eigenvalue weighted by molar-refractivity contribution is -0.115. The Morgan fingerprint density at radius 3 is 2.50 bits per heavy atom. The van der Waals surface area contributed by atoms with Crippen LogP contribution in [-0.2, 0) is 30.2 Å². The van der Waals surface area contributed by atoms with E-state index in [9.17, 15) is 19.2 Å². The van der Waals surface area contributed by atoms with E-state index in [4.69, 9.17) is 22.1 Å². The Balaban J connectivity index is 1.92. The van der Waals surface area contributed by atoms with Gasteiger partial charge in [0, 0.05) is 24.5 Å². The van der Waals surface area contributed by atoms with Crippen molar-refractivity contribution < 1.29 is 14.3 Å². The Labute approximate surface area is 209 Å². The lowest BCUT2D eigenvalue weighted by atomic mass is 10.2. The molecule has 3 N–H and O–H groups in total. The predicted octanol–water partition coefficient (Wildman–Crippen LogP) is 1.77. The molecule has 3 aromatic heterocycles. The Morgan fingerprint density at radius 1 is 1.17 bits per heavy atom. The van der Waals surface area contributed by atoms with Crippen molar-refractivity contribution in [1.82, 2.24) is 23.3 Å². The predicted molar refractivity (Wildman–Crippen MR) is 136 cm³/mol. The van der Waals surface area contributed by atoms with Gasteiger partial charge in [-0.3, -0.25) is 24.0 Å². The third kappa shape index (κ3) is 4.29. The highest BCUT2D eigenvalue weighted by Crippen LogP contribution is 2.28. The summed E-state index contributed by atoms with van der Waals surface area (Å²) in [5.74, 6) is -0.433. The van der Waals surface area contributed by atoms with E-state index in [-0.39, 0.29) is 30.2 Å². The fraction of sp³-hybridized carbons (Fsp3) is 0.348. The van der Waals surface area contributed by atoms with Gasteiger partial charge in [-0.05, 0) is 39.0 Å². The summed E-state index contributed by atoms with van der Waals surface area (Å²) in [7, 11) is 3.00. The maximum absolute atomic E-state index is 13.5. The van der Waals surface area contributed by atoms with Crippen LogP contribution in [0.1, 0.15) is 26.5 Å². The lowest BCUT2D eigenvalue weighted by Gasteiger charge is -2.21. The van der Waals surface area contributed by atoms with Crippen LogP contribution < -0.4 is 22.3 Å². The number of imidazole rings is 1. The van der Waals surface area contributed by atoms with Crippen molar-refractivity contribution in [3.05, 3.63) is 55.8 Å².